The summed E-state index contributed by atoms with van der Waals surface area (Å²) in [7, 11) is 0. The summed E-state index contributed by atoms with van der Waals surface area (Å²) >= 11 is 0. The maximum atomic E-state index is 11.9. The molecule has 0 fully saturated rings. The molecule has 0 unspecified atom stereocenters. The number of carbonyl (C=O) groups excluding carboxylic acids is 1. The van der Waals surface area contributed by atoms with Gasteiger partial charge in [-0.05, 0) is 35.9 Å². The van der Waals surface area contributed by atoms with Crippen LogP contribution in [-0.4, -0.2) is 22.0 Å². The normalized spacial score (nSPS) is 15.0. The molecule has 0 spiro atoms. The molecule has 2 N–H and O–H groups in total. The first-order chi connectivity index (χ1) is 9.65. The highest BCUT2D eigenvalue weighted by molar-refractivity contribution is 6.34. The molecule has 98 valence electrons. The van der Waals surface area contributed by atoms with Crippen molar-refractivity contribution in [2.45, 2.75) is 0 Å². The van der Waals surface area contributed by atoms with Gasteiger partial charge in [0, 0.05) is 11.8 Å². The molecule has 0 saturated heterocycles. The Labute approximate surface area is 114 Å². The van der Waals surface area contributed by atoms with E-state index in [9.17, 15) is 9.59 Å². The zero-order valence-corrected chi connectivity index (χ0v) is 10.3. The van der Waals surface area contributed by atoms with Crippen LogP contribution >= 0.6 is 0 Å². The Hall–Kier alpha value is -2.95. The summed E-state index contributed by atoms with van der Waals surface area (Å²) in [6.07, 6.45) is 3.33. The molecule has 0 bridgehead atoms. The third-order valence-electron chi connectivity index (χ3n) is 3.04. The van der Waals surface area contributed by atoms with Gasteiger partial charge in [0.25, 0.3) is 5.91 Å². The molecular formula is C15H10N2O3. The highest BCUT2D eigenvalue weighted by atomic mass is 16.4. The fraction of sp³-hybridized carbons (Fsp3) is 0. The van der Waals surface area contributed by atoms with E-state index < -0.39 is 5.97 Å². The average molecular weight is 266 g/mol. The van der Waals surface area contributed by atoms with Crippen molar-refractivity contribution in [3.05, 3.63) is 59.3 Å². The van der Waals surface area contributed by atoms with Gasteiger partial charge < -0.3 is 10.4 Å². The first-order valence-electron chi connectivity index (χ1n) is 5.97. The number of carboxylic acids is 1. The number of anilines is 1. The van der Waals surface area contributed by atoms with E-state index in [1.54, 1.807) is 30.5 Å². The Balaban J connectivity index is 2.00. The number of carbonyl (C=O) groups is 2. The van der Waals surface area contributed by atoms with E-state index >= 15 is 0 Å². The van der Waals surface area contributed by atoms with Crippen molar-refractivity contribution in [2.75, 3.05) is 5.32 Å². The van der Waals surface area contributed by atoms with Gasteiger partial charge in [0.2, 0.25) is 0 Å². The van der Waals surface area contributed by atoms with Gasteiger partial charge in [0.1, 0.15) is 5.82 Å². The lowest BCUT2D eigenvalue weighted by atomic mass is 10.0. The van der Waals surface area contributed by atoms with E-state index in [0.29, 0.717) is 11.4 Å². The number of fused-ring (bicyclic) bond motifs is 1. The number of rotatable bonds is 2. The second-order valence-corrected chi connectivity index (χ2v) is 4.34. The lowest BCUT2D eigenvalue weighted by Gasteiger charge is -1.99. The molecule has 0 radical (unpaired) electrons. The molecule has 2 heterocycles. The summed E-state index contributed by atoms with van der Waals surface area (Å²) in [5.74, 6) is -0.635. The van der Waals surface area contributed by atoms with Crippen LogP contribution in [0.5, 0.6) is 0 Å². The number of pyridine rings is 1. The fourth-order valence-electron chi connectivity index (χ4n) is 2.05. The van der Waals surface area contributed by atoms with Crippen molar-refractivity contribution in [3.63, 3.8) is 0 Å². The minimum absolute atomic E-state index is 0.207. The van der Waals surface area contributed by atoms with Crippen LogP contribution in [0.4, 0.5) is 5.82 Å². The molecule has 20 heavy (non-hydrogen) atoms. The zero-order chi connectivity index (χ0) is 14.1. The maximum absolute atomic E-state index is 11.9. The molecule has 0 aliphatic carbocycles. The maximum Gasteiger partial charge on any atom is 0.335 e. The number of hydrogen-bond acceptors (Lipinski definition) is 3. The average Bonchev–Trinajstić information content (AvgIpc) is 2.76. The summed E-state index contributed by atoms with van der Waals surface area (Å²) in [6.45, 7) is 0. The predicted octanol–water partition coefficient (Wildman–Crippen LogP) is 2.27. The predicted molar refractivity (Wildman–Crippen MR) is 74.1 cm³/mol. The quantitative estimate of drug-likeness (QED) is 0.817. The van der Waals surface area contributed by atoms with E-state index in [2.05, 4.69) is 10.3 Å². The number of aromatic nitrogens is 1. The van der Waals surface area contributed by atoms with Gasteiger partial charge in [-0.15, -0.1) is 0 Å². The molecule has 1 amide bonds. The number of nitrogens with one attached hydrogen (secondary N) is 1. The van der Waals surface area contributed by atoms with E-state index in [1.807, 2.05) is 6.07 Å². The highest BCUT2D eigenvalue weighted by Crippen LogP contribution is 2.30. The molecule has 2 aromatic rings. The number of carboxylic acid groups (broad SMARTS) is 1. The molecule has 1 aliphatic rings. The Morgan fingerprint density at radius 3 is 2.65 bits per heavy atom. The number of amides is 1. The van der Waals surface area contributed by atoms with Gasteiger partial charge in [-0.1, -0.05) is 12.1 Å². The standard InChI is InChI=1S/C15H10N2O3/c18-14-12(11-2-1-7-16-13(11)17-14)8-9-3-5-10(6-4-9)15(19)20/h1-8H,(H,19,20)(H,16,17,18). The van der Waals surface area contributed by atoms with Gasteiger partial charge in [0.15, 0.2) is 0 Å². The molecule has 1 aliphatic heterocycles. The molecule has 0 saturated carbocycles. The number of benzene rings is 1. The van der Waals surface area contributed by atoms with E-state index in [0.717, 1.165) is 11.1 Å². The smallest absolute Gasteiger partial charge is 0.335 e. The topological polar surface area (TPSA) is 79.3 Å². The van der Waals surface area contributed by atoms with Crippen LogP contribution in [0.1, 0.15) is 21.5 Å². The van der Waals surface area contributed by atoms with Crippen LogP contribution in [0.2, 0.25) is 0 Å². The van der Waals surface area contributed by atoms with Crippen molar-refractivity contribution in [2.24, 2.45) is 0 Å². The highest BCUT2D eigenvalue weighted by Gasteiger charge is 2.24. The Morgan fingerprint density at radius 2 is 1.95 bits per heavy atom. The second-order valence-electron chi connectivity index (χ2n) is 4.34. The molecule has 1 aromatic heterocycles. The van der Waals surface area contributed by atoms with Gasteiger partial charge in [-0.2, -0.15) is 0 Å². The van der Waals surface area contributed by atoms with Gasteiger partial charge in [-0.3, -0.25) is 4.79 Å². The summed E-state index contributed by atoms with van der Waals surface area (Å²) in [5, 5.41) is 11.5. The molecule has 3 rings (SSSR count). The molecule has 5 heteroatoms. The fourth-order valence-corrected chi connectivity index (χ4v) is 2.05. The molecule has 1 aromatic carbocycles. The van der Waals surface area contributed by atoms with Crippen molar-refractivity contribution in [3.8, 4) is 0 Å². The minimum Gasteiger partial charge on any atom is -0.478 e. The summed E-state index contributed by atoms with van der Waals surface area (Å²) in [5.41, 5.74) is 2.25. The first kappa shape index (κ1) is 12.1. The SMILES string of the molecule is O=C1Nc2ncccc2C1=Cc1ccc(C(=O)O)cc1. The van der Waals surface area contributed by atoms with Crippen LogP contribution in [0.25, 0.3) is 11.6 Å². The van der Waals surface area contributed by atoms with Crippen LogP contribution in [0.15, 0.2) is 42.6 Å². The van der Waals surface area contributed by atoms with Crippen molar-refractivity contribution in [1.29, 1.82) is 0 Å². The third-order valence-corrected chi connectivity index (χ3v) is 3.04. The first-order valence-corrected chi connectivity index (χ1v) is 5.97. The van der Waals surface area contributed by atoms with Gasteiger partial charge >= 0.3 is 5.97 Å². The summed E-state index contributed by atoms with van der Waals surface area (Å²) in [6, 6.07) is 9.92. The van der Waals surface area contributed by atoms with E-state index in [1.165, 1.54) is 12.1 Å². The van der Waals surface area contributed by atoms with Crippen LogP contribution in [-0.2, 0) is 4.79 Å². The van der Waals surface area contributed by atoms with Gasteiger partial charge in [-0.25, -0.2) is 9.78 Å². The Bertz CT molecular complexity index is 733. The number of aromatic carboxylic acids is 1. The summed E-state index contributed by atoms with van der Waals surface area (Å²) < 4.78 is 0. The monoisotopic (exact) mass is 266 g/mol. The van der Waals surface area contributed by atoms with Crippen LogP contribution < -0.4 is 5.32 Å². The van der Waals surface area contributed by atoms with E-state index in [4.69, 9.17) is 5.11 Å². The minimum atomic E-state index is -0.975. The lowest BCUT2D eigenvalue weighted by molar-refractivity contribution is -0.110. The van der Waals surface area contributed by atoms with Crippen molar-refractivity contribution in [1.82, 2.24) is 4.98 Å². The molecular weight excluding hydrogens is 256 g/mol. The third kappa shape index (κ3) is 2.05. The second kappa shape index (κ2) is 4.62. The van der Waals surface area contributed by atoms with Gasteiger partial charge in [0.05, 0.1) is 11.1 Å². The molecule has 5 nitrogen and oxygen atoms in total. The van der Waals surface area contributed by atoms with Crippen LogP contribution in [0, 0.1) is 0 Å². The molecule has 0 atom stereocenters. The van der Waals surface area contributed by atoms with Crippen molar-refractivity contribution < 1.29 is 14.7 Å². The zero-order valence-electron chi connectivity index (χ0n) is 10.3. The largest absolute Gasteiger partial charge is 0.478 e. The van der Waals surface area contributed by atoms with E-state index in [-0.39, 0.29) is 11.5 Å². The Morgan fingerprint density at radius 1 is 1.20 bits per heavy atom. The van der Waals surface area contributed by atoms with Crippen molar-refractivity contribution >= 4 is 29.3 Å². The number of hydrogen-bond donors (Lipinski definition) is 2. The lowest BCUT2D eigenvalue weighted by Crippen LogP contribution is -2.04. The number of nitrogens with zero attached hydrogens (tertiary/aromatic N) is 1. The Kier molecular flexibility index (Phi) is 2.80. The van der Waals surface area contributed by atoms with Crippen LogP contribution in [0.3, 0.4) is 0 Å². The summed E-state index contributed by atoms with van der Waals surface area (Å²) in [4.78, 5) is 26.8.